The zero-order valence-corrected chi connectivity index (χ0v) is 11.3. The largest absolute Gasteiger partial charge is 0.388 e. The van der Waals surface area contributed by atoms with Crippen LogP contribution in [0.15, 0.2) is 0 Å². The number of hydrogen-bond donors (Lipinski definition) is 2. The van der Waals surface area contributed by atoms with Crippen molar-refractivity contribution in [2.75, 3.05) is 27.2 Å². The van der Waals surface area contributed by atoms with Gasteiger partial charge in [-0.15, -0.1) is 0 Å². The average Bonchev–Trinajstić information content (AvgIpc) is 2.28. The Morgan fingerprint density at radius 1 is 1.41 bits per heavy atom. The van der Waals surface area contributed by atoms with Crippen LogP contribution in [0.4, 0.5) is 0 Å². The van der Waals surface area contributed by atoms with Crippen LogP contribution < -0.4 is 5.32 Å². The summed E-state index contributed by atoms with van der Waals surface area (Å²) in [5.74, 6) is 0.741. The summed E-state index contributed by atoms with van der Waals surface area (Å²) in [6, 6.07) is 0. The molecule has 1 fully saturated rings. The van der Waals surface area contributed by atoms with Gasteiger partial charge in [0.05, 0.1) is 5.60 Å². The first kappa shape index (κ1) is 14.5. The van der Waals surface area contributed by atoms with Crippen LogP contribution in [0, 0.1) is 5.92 Å². The zero-order valence-electron chi connectivity index (χ0n) is 11.3. The van der Waals surface area contributed by atoms with E-state index in [1.54, 1.807) is 0 Å². The first-order valence-electron chi connectivity index (χ1n) is 6.55. The summed E-state index contributed by atoms with van der Waals surface area (Å²) in [5.41, 5.74) is -0.666. The molecule has 0 radical (unpaired) electrons. The lowest BCUT2D eigenvalue weighted by molar-refractivity contribution is -0.123. The molecule has 0 saturated heterocycles. The number of amides is 1. The van der Waals surface area contributed by atoms with Gasteiger partial charge in [-0.1, -0.05) is 6.92 Å². The fraction of sp³-hybridized carbons (Fsp3) is 0.923. The van der Waals surface area contributed by atoms with Gasteiger partial charge in [0, 0.05) is 19.5 Å². The van der Waals surface area contributed by atoms with Gasteiger partial charge in [0.15, 0.2) is 0 Å². The lowest BCUT2D eigenvalue weighted by Crippen LogP contribution is -2.45. The Balaban J connectivity index is 2.23. The van der Waals surface area contributed by atoms with Crippen molar-refractivity contribution in [3.63, 3.8) is 0 Å². The van der Waals surface area contributed by atoms with Crippen molar-refractivity contribution in [1.82, 2.24) is 10.2 Å². The Bertz CT molecular complexity index is 246. The Morgan fingerprint density at radius 2 is 2.00 bits per heavy atom. The van der Waals surface area contributed by atoms with Crippen molar-refractivity contribution in [2.45, 2.75) is 44.6 Å². The molecule has 17 heavy (non-hydrogen) atoms. The lowest BCUT2D eigenvalue weighted by atomic mass is 9.79. The van der Waals surface area contributed by atoms with Crippen molar-refractivity contribution >= 4 is 5.91 Å². The van der Waals surface area contributed by atoms with Crippen LogP contribution in [0.25, 0.3) is 0 Å². The third-order valence-corrected chi connectivity index (χ3v) is 3.61. The number of carbonyl (C=O) groups is 1. The van der Waals surface area contributed by atoms with Gasteiger partial charge in [-0.25, -0.2) is 0 Å². The normalized spacial score (nSPS) is 29.4. The second-order valence-corrected chi connectivity index (χ2v) is 5.74. The maximum Gasteiger partial charge on any atom is 0.221 e. The molecule has 0 heterocycles. The van der Waals surface area contributed by atoms with Crippen LogP contribution in [-0.4, -0.2) is 48.7 Å². The number of nitrogens with zero attached hydrogens (tertiary/aromatic N) is 1. The van der Waals surface area contributed by atoms with Gasteiger partial charge in [0.2, 0.25) is 5.91 Å². The van der Waals surface area contributed by atoms with Crippen molar-refractivity contribution in [3.05, 3.63) is 0 Å². The van der Waals surface area contributed by atoms with E-state index < -0.39 is 5.60 Å². The molecule has 1 amide bonds. The maximum absolute atomic E-state index is 11.5. The monoisotopic (exact) mass is 242 g/mol. The summed E-state index contributed by atoms with van der Waals surface area (Å²) < 4.78 is 0. The average molecular weight is 242 g/mol. The molecule has 0 aromatic heterocycles. The Morgan fingerprint density at radius 3 is 2.53 bits per heavy atom. The summed E-state index contributed by atoms with van der Waals surface area (Å²) in [4.78, 5) is 13.5. The smallest absolute Gasteiger partial charge is 0.221 e. The highest BCUT2D eigenvalue weighted by Crippen LogP contribution is 2.31. The molecule has 0 aromatic rings. The van der Waals surface area contributed by atoms with E-state index in [0.717, 1.165) is 32.2 Å². The minimum atomic E-state index is -0.666. The Kier molecular flexibility index (Phi) is 5.40. The van der Waals surface area contributed by atoms with Gasteiger partial charge in [-0.2, -0.15) is 0 Å². The van der Waals surface area contributed by atoms with E-state index in [1.807, 2.05) is 19.0 Å². The second kappa shape index (κ2) is 6.36. The Hall–Kier alpha value is -0.610. The van der Waals surface area contributed by atoms with Crippen molar-refractivity contribution in [2.24, 2.45) is 5.92 Å². The van der Waals surface area contributed by atoms with Crippen LogP contribution in [0.3, 0.4) is 0 Å². The molecule has 0 unspecified atom stereocenters. The molecule has 0 spiro atoms. The molecule has 4 nitrogen and oxygen atoms in total. The summed E-state index contributed by atoms with van der Waals surface area (Å²) in [6.45, 7) is 3.38. The SMILES string of the molecule is CC1CCC(O)(CNC(=O)CCN(C)C)CC1. The molecule has 1 aliphatic carbocycles. The molecule has 2 N–H and O–H groups in total. The molecule has 1 saturated carbocycles. The van der Waals surface area contributed by atoms with Gasteiger partial charge < -0.3 is 15.3 Å². The zero-order chi connectivity index (χ0) is 12.9. The molecule has 0 atom stereocenters. The lowest BCUT2D eigenvalue weighted by Gasteiger charge is -2.35. The van der Waals surface area contributed by atoms with Crippen LogP contribution in [0.1, 0.15) is 39.0 Å². The minimum Gasteiger partial charge on any atom is -0.388 e. The number of rotatable bonds is 5. The highest BCUT2D eigenvalue weighted by Gasteiger charge is 2.31. The van der Waals surface area contributed by atoms with E-state index in [1.165, 1.54) is 0 Å². The van der Waals surface area contributed by atoms with Gasteiger partial charge in [-0.05, 0) is 45.7 Å². The summed E-state index contributed by atoms with van der Waals surface area (Å²) in [7, 11) is 3.90. The number of carbonyl (C=O) groups excluding carboxylic acids is 1. The number of aliphatic hydroxyl groups is 1. The predicted octanol–water partition coefficient (Wildman–Crippen LogP) is 0.995. The Labute approximate surface area is 104 Å². The van der Waals surface area contributed by atoms with Crippen LogP contribution >= 0.6 is 0 Å². The van der Waals surface area contributed by atoms with Gasteiger partial charge in [-0.3, -0.25) is 4.79 Å². The molecule has 4 heteroatoms. The summed E-state index contributed by atoms with van der Waals surface area (Å²) in [5, 5.41) is 13.1. The minimum absolute atomic E-state index is 0.0331. The summed E-state index contributed by atoms with van der Waals surface area (Å²) in [6.07, 6.45) is 4.23. The number of nitrogens with one attached hydrogen (secondary N) is 1. The molecular weight excluding hydrogens is 216 g/mol. The van der Waals surface area contributed by atoms with Gasteiger partial charge >= 0.3 is 0 Å². The molecule has 0 aromatic carbocycles. The highest BCUT2D eigenvalue weighted by molar-refractivity contribution is 5.76. The molecule has 0 bridgehead atoms. The van der Waals surface area contributed by atoms with Crippen LogP contribution in [-0.2, 0) is 4.79 Å². The number of hydrogen-bond acceptors (Lipinski definition) is 3. The van der Waals surface area contributed by atoms with Crippen molar-refractivity contribution in [3.8, 4) is 0 Å². The molecular formula is C13H26N2O2. The first-order valence-corrected chi connectivity index (χ1v) is 6.55. The maximum atomic E-state index is 11.5. The quantitative estimate of drug-likeness (QED) is 0.756. The highest BCUT2D eigenvalue weighted by atomic mass is 16.3. The fourth-order valence-corrected chi connectivity index (χ4v) is 2.15. The molecule has 1 aliphatic rings. The van der Waals surface area contributed by atoms with E-state index in [2.05, 4.69) is 12.2 Å². The first-order chi connectivity index (χ1) is 7.91. The van der Waals surface area contributed by atoms with E-state index in [-0.39, 0.29) is 5.91 Å². The van der Waals surface area contributed by atoms with E-state index in [4.69, 9.17) is 0 Å². The molecule has 0 aliphatic heterocycles. The molecule has 1 rings (SSSR count). The van der Waals surface area contributed by atoms with Crippen molar-refractivity contribution in [1.29, 1.82) is 0 Å². The molecule has 100 valence electrons. The predicted molar refractivity (Wildman–Crippen MR) is 68.8 cm³/mol. The third-order valence-electron chi connectivity index (χ3n) is 3.61. The second-order valence-electron chi connectivity index (χ2n) is 5.74. The standard InChI is InChI=1S/C13H26N2O2/c1-11-4-7-13(17,8-5-11)10-14-12(16)6-9-15(2)3/h11,17H,4-10H2,1-3H3,(H,14,16). The third kappa shape index (κ3) is 5.50. The topological polar surface area (TPSA) is 52.6 Å². The van der Waals surface area contributed by atoms with Crippen LogP contribution in [0.5, 0.6) is 0 Å². The van der Waals surface area contributed by atoms with Crippen molar-refractivity contribution < 1.29 is 9.90 Å². The van der Waals surface area contributed by atoms with Crippen LogP contribution in [0.2, 0.25) is 0 Å². The summed E-state index contributed by atoms with van der Waals surface area (Å²) >= 11 is 0. The fourth-order valence-electron chi connectivity index (χ4n) is 2.15. The van der Waals surface area contributed by atoms with E-state index >= 15 is 0 Å². The van der Waals surface area contributed by atoms with Gasteiger partial charge in [0.25, 0.3) is 0 Å². The van der Waals surface area contributed by atoms with E-state index in [0.29, 0.717) is 18.9 Å². The van der Waals surface area contributed by atoms with E-state index in [9.17, 15) is 9.90 Å². The van der Waals surface area contributed by atoms with Gasteiger partial charge in [0.1, 0.15) is 0 Å².